The summed E-state index contributed by atoms with van der Waals surface area (Å²) >= 11 is 6.46. The van der Waals surface area contributed by atoms with E-state index >= 15 is 0 Å². The Balaban J connectivity index is 1.84. The summed E-state index contributed by atoms with van der Waals surface area (Å²) in [5, 5.41) is 5.37. The van der Waals surface area contributed by atoms with Crippen molar-refractivity contribution in [2.24, 2.45) is 7.05 Å². The average Bonchev–Trinajstić information content (AvgIpc) is 2.86. The van der Waals surface area contributed by atoms with Crippen molar-refractivity contribution in [1.29, 1.82) is 0 Å². The quantitative estimate of drug-likeness (QED) is 0.855. The van der Waals surface area contributed by atoms with Crippen LogP contribution >= 0.6 is 11.6 Å². The predicted molar refractivity (Wildman–Crippen MR) is 82.1 cm³/mol. The second-order valence-corrected chi connectivity index (χ2v) is 6.66. The lowest BCUT2D eigenvalue weighted by Gasteiger charge is -2.28. The van der Waals surface area contributed by atoms with Crippen molar-refractivity contribution in [2.45, 2.75) is 51.2 Å². The van der Waals surface area contributed by atoms with Gasteiger partial charge in [0.05, 0.1) is 5.69 Å². The molecule has 2 aliphatic rings. The van der Waals surface area contributed by atoms with Gasteiger partial charge >= 0.3 is 0 Å². The lowest BCUT2D eigenvalue weighted by Crippen LogP contribution is -2.38. The molecule has 2 bridgehead atoms. The Bertz CT molecular complexity index is 484. The first-order valence-corrected chi connectivity index (χ1v) is 8.12. The smallest absolute Gasteiger partial charge is 0.131 e. The minimum absolute atomic E-state index is 0.688. The van der Waals surface area contributed by atoms with Crippen molar-refractivity contribution in [3.63, 3.8) is 0 Å². The van der Waals surface area contributed by atoms with Gasteiger partial charge in [-0.05, 0) is 39.3 Å². The van der Waals surface area contributed by atoms with Crippen LogP contribution in [0.1, 0.15) is 37.4 Å². The molecule has 112 valence electrons. The van der Waals surface area contributed by atoms with E-state index in [0.717, 1.165) is 29.9 Å². The molecule has 4 nitrogen and oxygen atoms in total. The molecule has 0 aromatic carbocycles. The van der Waals surface area contributed by atoms with Gasteiger partial charge in [-0.2, -0.15) is 5.10 Å². The van der Waals surface area contributed by atoms with E-state index < -0.39 is 0 Å². The molecule has 2 saturated heterocycles. The molecule has 0 N–H and O–H groups in total. The van der Waals surface area contributed by atoms with E-state index in [1.54, 1.807) is 0 Å². The van der Waals surface area contributed by atoms with Crippen molar-refractivity contribution in [1.82, 2.24) is 19.6 Å². The lowest BCUT2D eigenvalue weighted by atomic mass is 10.1. The Hall–Kier alpha value is -0.580. The summed E-state index contributed by atoms with van der Waals surface area (Å²) in [4.78, 5) is 5.16. The molecule has 0 spiro atoms. The summed E-state index contributed by atoms with van der Waals surface area (Å²) in [5.74, 6) is 0. The molecule has 3 rings (SSSR count). The summed E-state index contributed by atoms with van der Waals surface area (Å²) < 4.78 is 1.82. The van der Waals surface area contributed by atoms with Gasteiger partial charge in [0.25, 0.3) is 0 Å². The molecule has 2 fully saturated rings. The van der Waals surface area contributed by atoms with Gasteiger partial charge in [-0.25, -0.2) is 0 Å². The highest BCUT2D eigenvalue weighted by Gasteiger charge is 2.37. The van der Waals surface area contributed by atoms with E-state index in [1.165, 1.54) is 37.9 Å². The predicted octanol–water partition coefficient (Wildman–Crippen LogP) is 2.30. The third-order valence-electron chi connectivity index (χ3n) is 4.97. The fourth-order valence-electron chi connectivity index (χ4n) is 3.82. The van der Waals surface area contributed by atoms with Crippen molar-refractivity contribution in [3.05, 3.63) is 16.4 Å². The Morgan fingerprint density at radius 3 is 2.70 bits per heavy atom. The summed E-state index contributed by atoms with van der Waals surface area (Å²) in [5.41, 5.74) is 2.41. The number of hydrogen-bond acceptors (Lipinski definition) is 3. The summed E-state index contributed by atoms with van der Waals surface area (Å²) in [6.45, 7) is 5.54. The molecule has 0 aliphatic carbocycles. The van der Waals surface area contributed by atoms with Crippen LogP contribution in [-0.2, 0) is 20.0 Å². The monoisotopic (exact) mass is 296 g/mol. The minimum atomic E-state index is 0.688. The lowest BCUT2D eigenvalue weighted by molar-refractivity contribution is 0.183. The van der Waals surface area contributed by atoms with Gasteiger partial charge in [-0.3, -0.25) is 9.58 Å². The van der Waals surface area contributed by atoms with E-state index in [1.807, 2.05) is 11.7 Å². The van der Waals surface area contributed by atoms with Crippen LogP contribution in [0.2, 0.25) is 5.15 Å². The maximum Gasteiger partial charge on any atom is 0.131 e. The van der Waals surface area contributed by atoms with Crippen molar-refractivity contribution in [3.8, 4) is 0 Å². The van der Waals surface area contributed by atoms with Crippen LogP contribution in [0, 0.1) is 0 Å². The van der Waals surface area contributed by atoms with Crippen LogP contribution in [-0.4, -0.2) is 51.8 Å². The Morgan fingerprint density at radius 2 is 1.95 bits per heavy atom. The maximum atomic E-state index is 6.46. The largest absolute Gasteiger partial charge is 0.305 e. The second kappa shape index (κ2) is 5.66. The van der Waals surface area contributed by atoms with Gasteiger partial charge in [-0.1, -0.05) is 18.5 Å². The Labute approximate surface area is 126 Å². The van der Waals surface area contributed by atoms with Crippen LogP contribution in [0.25, 0.3) is 0 Å². The number of fused-ring (bicyclic) bond motifs is 2. The van der Waals surface area contributed by atoms with Crippen molar-refractivity contribution >= 4 is 11.6 Å². The first-order chi connectivity index (χ1) is 9.60. The van der Waals surface area contributed by atoms with E-state index in [9.17, 15) is 0 Å². The van der Waals surface area contributed by atoms with E-state index in [2.05, 4.69) is 28.9 Å². The third kappa shape index (κ3) is 2.49. The Morgan fingerprint density at radius 1 is 1.20 bits per heavy atom. The molecule has 0 amide bonds. The topological polar surface area (TPSA) is 24.3 Å². The van der Waals surface area contributed by atoms with Gasteiger partial charge in [-0.15, -0.1) is 0 Å². The molecule has 0 unspecified atom stereocenters. The van der Waals surface area contributed by atoms with Crippen LogP contribution in [0.3, 0.4) is 0 Å². The number of halogens is 1. The zero-order valence-corrected chi connectivity index (χ0v) is 13.5. The maximum absolute atomic E-state index is 6.46. The fourth-order valence-corrected chi connectivity index (χ4v) is 4.03. The van der Waals surface area contributed by atoms with Crippen LogP contribution in [0.15, 0.2) is 0 Å². The zero-order valence-electron chi connectivity index (χ0n) is 12.8. The summed E-state index contributed by atoms with van der Waals surface area (Å²) in [6, 6.07) is 1.42. The normalized spacial score (nSPS) is 28.0. The zero-order chi connectivity index (χ0) is 14.3. The molecule has 20 heavy (non-hydrogen) atoms. The molecular weight excluding hydrogens is 272 g/mol. The van der Waals surface area contributed by atoms with Crippen molar-refractivity contribution < 1.29 is 0 Å². The molecule has 0 radical (unpaired) electrons. The average molecular weight is 297 g/mol. The summed E-state index contributed by atoms with van der Waals surface area (Å²) in [6.07, 6.45) is 4.91. The highest BCUT2D eigenvalue weighted by Crippen LogP contribution is 2.33. The van der Waals surface area contributed by atoms with Crippen LogP contribution in [0.5, 0.6) is 0 Å². The van der Waals surface area contributed by atoms with E-state index in [-0.39, 0.29) is 0 Å². The highest BCUT2D eigenvalue weighted by molar-refractivity contribution is 6.30. The minimum Gasteiger partial charge on any atom is -0.305 e. The number of nitrogens with zero attached hydrogens (tertiary/aromatic N) is 4. The van der Waals surface area contributed by atoms with Crippen LogP contribution < -0.4 is 0 Å². The van der Waals surface area contributed by atoms with Gasteiger partial charge < -0.3 is 4.90 Å². The molecule has 0 saturated carbocycles. The van der Waals surface area contributed by atoms with Gasteiger partial charge in [0.2, 0.25) is 0 Å². The van der Waals surface area contributed by atoms with Gasteiger partial charge in [0.15, 0.2) is 0 Å². The summed E-state index contributed by atoms with van der Waals surface area (Å²) in [7, 11) is 4.18. The molecule has 2 atom stereocenters. The first kappa shape index (κ1) is 14.4. The first-order valence-electron chi connectivity index (χ1n) is 7.74. The third-order valence-corrected chi connectivity index (χ3v) is 5.44. The number of aryl methyl sites for hydroxylation is 2. The number of hydrogen-bond donors (Lipinski definition) is 0. The number of rotatable bonds is 3. The van der Waals surface area contributed by atoms with Gasteiger partial charge in [0, 0.05) is 37.8 Å². The standard InChI is InChI=1S/C15H25ClN4/c1-4-14-13(15(16)19(3)17-14)10-20-11-5-6-12(20)9-18(2)8-7-11/h11-12H,4-10H2,1-3H3/t11-,12+/m0/s1. The molecule has 2 aliphatic heterocycles. The molecule has 1 aromatic heterocycles. The Kier molecular flexibility index (Phi) is 4.07. The SMILES string of the molecule is CCc1nn(C)c(Cl)c1CN1[C@H]2CC[C@@H]1CN(C)CC2. The van der Waals surface area contributed by atoms with E-state index in [0.29, 0.717) is 6.04 Å². The van der Waals surface area contributed by atoms with Gasteiger partial charge in [0.1, 0.15) is 5.15 Å². The second-order valence-electron chi connectivity index (χ2n) is 6.30. The van der Waals surface area contributed by atoms with Crippen molar-refractivity contribution in [2.75, 3.05) is 20.1 Å². The molecule has 1 aromatic rings. The van der Waals surface area contributed by atoms with Crippen LogP contribution in [0.4, 0.5) is 0 Å². The number of likely N-dealkylation sites (tertiary alicyclic amines) is 1. The number of aromatic nitrogens is 2. The number of likely N-dealkylation sites (N-methyl/N-ethyl adjacent to an activating group) is 1. The van der Waals surface area contributed by atoms with E-state index in [4.69, 9.17) is 11.6 Å². The fraction of sp³-hybridized carbons (Fsp3) is 0.800. The molecule has 5 heteroatoms. The molecular formula is C15H25ClN4. The highest BCUT2D eigenvalue weighted by atomic mass is 35.5. The molecule has 3 heterocycles.